The van der Waals surface area contributed by atoms with Crippen molar-refractivity contribution in [2.45, 2.75) is 32.9 Å². The molecule has 4 rings (SSSR count). The van der Waals surface area contributed by atoms with Gasteiger partial charge in [-0.05, 0) is 43.2 Å². The zero-order valence-electron chi connectivity index (χ0n) is 16.6. The number of furan rings is 1. The second kappa shape index (κ2) is 8.82. The molecule has 1 saturated heterocycles. The van der Waals surface area contributed by atoms with Crippen LogP contribution in [0.2, 0.25) is 0 Å². The predicted molar refractivity (Wildman–Crippen MR) is 116 cm³/mol. The van der Waals surface area contributed by atoms with E-state index >= 15 is 0 Å². The summed E-state index contributed by atoms with van der Waals surface area (Å²) in [5, 5.41) is 7.69. The maximum absolute atomic E-state index is 11.9. The van der Waals surface area contributed by atoms with Gasteiger partial charge in [-0.25, -0.2) is 4.99 Å². The number of guanidine groups is 1. The van der Waals surface area contributed by atoms with E-state index in [0.717, 1.165) is 53.5 Å². The Bertz CT molecular complexity index is 974. The molecular weight excluding hydrogens is 364 g/mol. The standard InChI is InChI=1S/C23H26N4O2/c1-2-24-23(26-16-20-14-18-6-3-4-7-21(18)29-20)25-15-17-9-11-19(12-10-17)27-13-5-8-22(27)28/h3-4,6-7,9-12,14H,2,5,8,13,15-16H2,1H3,(H2,24,25,26). The Labute approximate surface area is 170 Å². The van der Waals surface area contributed by atoms with Crippen molar-refractivity contribution in [3.05, 3.63) is 65.9 Å². The van der Waals surface area contributed by atoms with Gasteiger partial charge < -0.3 is 20.0 Å². The van der Waals surface area contributed by atoms with Crippen LogP contribution in [0.25, 0.3) is 11.0 Å². The Balaban J connectivity index is 1.38. The van der Waals surface area contributed by atoms with Crippen LogP contribution in [0.4, 0.5) is 5.69 Å². The largest absolute Gasteiger partial charge is 0.459 e. The first-order valence-electron chi connectivity index (χ1n) is 10.1. The molecule has 150 valence electrons. The van der Waals surface area contributed by atoms with Gasteiger partial charge in [0, 0.05) is 30.6 Å². The summed E-state index contributed by atoms with van der Waals surface area (Å²) in [5.41, 5.74) is 2.96. The molecular formula is C23H26N4O2. The van der Waals surface area contributed by atoms with Crippen LogP contribution < -0.4 is 15.5 Å². The summed E-state index contributed by atoms with van der Waals surface area (Å²) in [6, 6.07) is 18.1. The van der Waals surface area contributed by atoms with Crippen molar-refractivity contribution in [2.24, 2.45) is 4.99 Å². The maximum Gasteiger partial charge on any atom is 0.227 e. The molecule has 0 aliphatic carbocycles. The smallest absolute Gasteiger partial charge is 0.227 e. The number of carbonyl (C=O) groups excluding carboxylic acids is 1. The third-order valence-corrected chi connectivity index (χ3v) is 4.99. The molecule has 1 aliphatic rings. The van der Waals surface area contributed by atoms with E-state index in [2.05, 4.69) is 15.6 Å². The van der Waals surface area contributed by atoms with E-state index in [1.807, 2.05) is 66.4 Å². The second-order valence-corrected chi connectivity index (χ2v) is 7.11. The summed E-state index contributed by atoms with van der Waals surface area (Å²) in [5.74, 6) is 1.82. The van der Waals surface area contributed by atoms with Crippen molar-refractivity contribution in [2.75, 3.05) is 18.0 Å². The number of para-hydroxylation sites is 1. The summed E-state index contributed by atoms with van der Waals surface area (Å²) in [6.07, 6.45) is 1.59. The zero-order valence-corrected chi connectivity index (χ0v) is 16.6. The van der Waals surface area contributed by atoms with Crippen molar-refractivity contribution in [3.8, 4) is 0 Å². The molecule has 6 nitrogen and oxygen atoms in total. The number of fused-ring (bicyclic) bond motifs is 1. The third kappa shape index (κ3) is 4.59. The average Bonchev–Trinajstić information content (AvgIpc) is 3.36. The molecule has 3 aromatic rings. The molecule has 2 N–H and O–H groups in total. The van der Waals surface area contributed by atoms with Gasteiger partial charge >= 0.3 is 0 Å². The second-order valence-electron chi connectivity index (χ2n) is 7.11. The van der Waals surface area contributed by atoms with Crippen LogP contribution in [0.15, 0.2) is 64.0 Å². The highest BCUT2D eigenvalue weighted by Crippen LogP contribution is 2.22. The number of nitrogens with one attached hydrogen (secondary N) is 2. The lowest BCUT2D eigenvalue weighted by Crippen LogP contribution is -2.36. The molecule has 1 amide bonds. The Kier molecular flexibility index (Phi) is 5.79. The number of benzene rings is 2. The molecule has 1 aromatic heterocycles. The van der Waals surface area contributed by atoms with Crippen LogP contribution in [-0.4, -0.2) is 25.0 Å². The van der Waals surface area contributed by atoms with Gasteiger partial charge in [0.15, 0.2) is 5.96 Å². The van der Waals surface area contributed by atoms with Crippen molar-refractivity contribution in [1.29, 1.82) is 0 Å². The van der Waals surface area contributed by atoms with E-state index in [0.29, 0.717) is 19.5 Å². The van der Waals surface area contributed by atoms with E-state index < -0.39 is 0 Å². The van der Waals surface area contributed by atoms with Gasteiger partial charge in [-0.1, -0.05) is 30.3 Å². The molecule has 0 bridgehead atoms. The van der Waals surface area contributed by atoms with Gasteiger partial charge in [0.25, 0.3) is 0 Å². The summed E-state index contributed by atoms with van der Waals surface area (Å²) in [7, 11) is 0. The normalized spacial score (nSPS) is 14.6. The number of nitrogens with zero attached hydrogens (tertiary/aromatic N) is 2. The highest BCUT2D eigenvalue weighted by atomic mass is 16.3. The third-order valence-electron chi connectivity index (χ3n) is 4.99. The van der Waals surface area contributed by atoms with Crippen molar-refractivity contribution in [3.63, 3.8) is 0 Å². The Morgan fingerprint density at radius 2 is 1.97 bits per heavy atom. The molecule has 0 radical (unpaired) electrons. The number of rotatable bonds is 6. The highest BCUT2D eigenvalue weighted by molar-refractivity contribution is 5.95. The van der Waals surface area contributed by atoms with Gasteiger partial charge in [0.05, 0.1) is 13.1 Å². The number of carbonyl (C=O) groups is 1. The van der Waals surface area contributed by atoms with E-state index in [4.69, 9.17) is 4.42 Å². The fraction of sp³-hybridized carbons (Fsp3) is 0.304. The van der Waals surface area contributed by atoms with E-state index in [1.165, 1.54) is 0 Å². The maximum atomic E-state index is 11.9. The molecule has 1 aliphatic heterocycles. The van der Waals surface area contributed by atoms with Crippen LogP contribution in [0.3, 0.4) is 0 Å². The highest BCUT2D eigenvalue weighted by Gasteiger charge is 2.21. The van der Waals surface area contributed by atoms with Gasteiger partial charge in [-0.15, -0.1) is 0 Å². The minimum Gasteiger partial charge on any atom is -0.459 e. The van der Waals surface area contributed by atoms with Crippen LogP contribution >= 0.6 is 0 Å². The van der Waals surface area contributed by atoms with E-state index in [9.17, 15) is 4.79 Å². The Morgan fingerprint density at radius 1 is 1.14 bits per heavy atom. The lowest BCUT2D eigenvalue weighted by molar-refractivity contribution is -0.117. The first-order valence-corrected chi connectivity index (χ1v) is 10.1. The van der Waals surface area contributed by atoms with Gasteiger partial charge in [0.1, 0.15) is 11.3 Å². The van der Waals surface area contributed by atoms with Gasteiger partial charge in [0.2, 0.25) is 5.91 Å². The van der Waals surface area contributed by atoms with Crippen molar-refractivity contribution in [1.82, 2.24) is 10.6 Å². The molecule has 6 heteroatoms. The number of anilines is 1. The average molecular weight is 390 g/mol. The van der Waals surface area contributed by atoms with Crippen molar-refractivity contribution >= 4 is 28.5 Å². The van der Waals surface area contributed by atoms with Gasteiger partial charge in [-0.2, -0.15) is 0 Å². The lowest BCUT2D eigenvalue weighted by atomic mass is 10.2. The molecule has 0 saturated carbocycles. The molecule has 1 fully saturated rings. The van der Waals surface area contributed by atoms with Crippen LogP contribution in [0, 0.1) is 0 Å². The van der Waals surface area contributed by atoms with Crippen LogP contribution in [-0.2, 0) is 17.9 Å². The molecule has 2 aromatic carbocycles. The number of amides is 1. The molecule has 29 heavy (non-hydrogen) atoms. The Morgan fingerprint density at radius 3 is 2.69 bits per heavy atom. The first kappa shape index (κ1) is 19.1. The monoisotopic (exact) mass is 390 g/mol. The van der Waals surface area contributed by atoms with Crippen LogP contribution in [0.1, 0.15) is 31.1 Å². The number of hydrogen-bond acceptors (Lipinski definition) is 3. The van der Waals surface area contributed by atoms with Crippen molar-refractivity contribution < 1.29 is 9.21 Å². The summed E-state index contributed by atoms with van der Waals surface area (Å²) < 4.78 is 5.85. The first-order chi connectivity index (χ1) is 14.2. The number of aliphatic imine (C=N–C) groups is 1. The lowest BCUT2D eigenvalue weighted by Gasteiger charge is -2.15. The quantitative estimate of drug-likeness (QED) is 0.496. The topological polar surface area (TPSA) is 69.9 Å². The Hall–Kier alpha value is -3.28. The summed E-state index contributed by atoms with van der Waals surface area (Å²) >= 11 is 0. The minimum absolute atomic E-state index is 0.208. The zero-order chi connectivity index (χ0) is 20.1. The van der Waals surface area contributed by atoms with Crippen LogP contribution in [0.5, 0.6) is 0 Å². The molecule has 0 spiro atoms. The predicted octanol–water partition coefficient (Wildman–Crippen LogP) is 3.81. The van der Waals surface area contributed by atoms with E-state index in [1.54, 1.807) is 0 Å². The fourth-order valence-corrected chi connectivity index (χ4v) is 3.51. The fourth-order valence-electron chi connectivity index (χ4n) is 3.51. The molecule has 0 atom stereocenters. The molecule has 2 heterocycles. The summed E-state index contributed by atoms with van der Waals surface area (Å²) in [6.45, 7) is 4.76. The summed E-state index contributed by atoms with van der Waals surface area (Å²) in [4.78, 5) is 18.4. The minimum atomic E-state index is 0.208. The van der Waals surface area contributed by atoms with E-state index in [-0.39, 0.29) is 5.91 Å². The SMILES string of the molecule is CCNC(=NCc1ccc(N2CCCC2=O)cc1)NCc1cc2ccccc2o1. The van der Waals surface area contributed by atoms with Gasteiger partial charge in [-0.3, -0.25) is 4.79 Å². The number of hydrogen-bond donors (Lipinski definition) is 2. The molecule has 0 unspecified atom stereocenters.